The van der Waals surface area contributed by atoms with E-state index in [1.54, 1.807) is 6.20 Å². The first-order valence-electron chi connectivity index (χ1n) is 3.88. The summed E-state index contributed by atoms with van der Waals surface area (Å²) >= 11 is 0. The molecule has 0 aliphatic carbocycles. The van der Waals surface area contributed by atoms with E-state index in [1.165, 1.54) is 0 Å². The largest absolute Gasteiger partial charge is 1.00 e. The molecule has 82 valence electrons. The first kappa shape index (κ1) is 20.0. The first-order valence-corrected chi connectivity index (χ1v) is 5.37. The van der Waals surface area contributed by atoms with Gasteiger partial charge in [0.2, 0.25) is 0 Å². The number of rotatable bonds is 0. The van der Waals surface area contributed by atoms with Crippen LogP contribution in [-0.4, -0.2) is 15.0 Å². The van der Waals surface area contributed by atoms with Gasteiger partial charge in [-0.2, -0.15) is 0 Å². The minimum Gasteiger partial charge on any atom is -0.790 e. The Balaban J connectivity index is 0. The number of aromatic nitrogens is 1. The molecule has 9 heteroatoms. The third-order valence-electron chi connectivity index (χ3n) is 1.57. The van der Waals surface area contributed by atoms with E-state index >= 15 is 0 Å². The zero-order valence-electron chi connectivity index (χ0n) is 9.45. The summed E-state index contributed by atoms with van der Waals surface area (Å²) in [5, 5.41) is 10.1. The van der Waals surface area contributed by atoms with Crippen LogP contribution in [0.15, 0.2) is 30.5 Å². The van der Waals surface area contributed by atoms with E-state index in [9.17, 15) is 5.11 Å². The van der Waals surface area contributed by atoms with Crippen LogP contribution in [0.25, 0.3) is 10.9 Å². The van der Waals surface area contributed by atoms with Crippen molar-refractivity contribution in [1.82, 2.24) is 4.98 Å². The van der Waals surface area contributed by atoms with E-state index in [0.717, 1.165) is 10.9 Å². The van der Waals surface area contributed by atoms with Gasteiger partial charge in [0.25, 0.3) is 0 Å². The molecule has 2 rings (SSSR count). The minimum absolute atomic E-state index is 0. The summed E-state index contributed by atoms with van der Waals surface area (Å²) in [6.45, 7) is 0. The molecule has 0 unspecified atom stereocenters. The maximum absolute atomic E-state index is 9.18. The molecule has 0 fully saturated rings. The van der Waals surface area contributed by atoms with Crippen molar-refractivity contribution in [2.45, 2.75) is 0 Å². The number of fused-ring (bicyclic) bond motifs is 1. The molecule has 6 nitrogen and oxygen atoms in total. The molecule has 1 heterocycles. The van der Waals surface area contributed by atoms with E-state index in [2.05, 4.69) is 4.98 Å². The summed E-state index contributed by atoms with van der Waals surface area (Å²) in [4.78, 5) is 27.2. The van der Waals surface area contributed by atoms with Crippen LogP contribution in [0.4, 0.5) is 0 Å². The molecular weight excluding hydrogens is 267 g/mol. The monoisotopic (exact) mass is 275 g/mol. The summed E-state index contributed by atoms with van der Waals surface area (Å²) < 4.78 is 8.66. The Kier molecular flexibility index (Phi) is 10.3. The van der Waals surface area contributed by atoms with Gasteiger partial charge in [0.15, 0.2) is 0 Å². The van der Waals surface area contributed by atoms with Crippen molar-refractivity contribution in [3.8, 4) is 5.75 Å². The van der Waals surface area contributed by atoms with Crippen molar-refractivity contribution >= 4 is 18.7 Å². The molecule has 0 radical (unpaired) electrons. The zero-order valence-corrected chi connectivity index (χ0v) is 14.3. The number of hydrogen-bond donors (Lipinski definition) is 3. The van der Waals surface area contributed by atoms with Crippen molar-refractivity contribution in [1.29, 1.82) is 0 Å². The topological polar surface area (TPSA) is 119 Å². The van der Waals surface area contributed by atoms with Gasteiger partial charge >= 0.3 is 59.1 Å². The summed E-state index contributed by atoms with van der Waals surface area (Å²) in [5.41, 5.74) is 0.972. The predicted octanol–water partition coefficient (Wildman–Crippen LogP) is -6.31. The Bertz CT molecular complexity index is 489. The maximum atomic E-state index is 9.18. The van der Waals surface area contributed by atoms with Crippen molar-refractivity contribution < 1.29 is 83.5 Å². The standard InChI is InChI=1S/C8H7NO.2Na.H3O4P/c10-8-5-9-7-4-2-1-3-6(7)8;;;1-5(2,3)4/h1-5,9-10H;;;(H3,1,2,3,4)/q;2*+1;/p-2. The Morgan fingerprint density at radius 1 is 1.18 bits per heavy atom. The number of benzene rings is 1. The Hall–Kier alpha value is 0.670. The van der Waals surface area contributed by atoms with Gasteiger partial charge in [0.1, 0.15) is 5.75 Å². The molecular formula is C8H8NNa2O5P. The number of nitrogens with one attached hydrogen (secondary N) is 1. The van der Waals surface area contributed by atoms with E-state index < -0.39 is 7.82 Å². The van der Waals surface area contributed by atoms with Gasteiger partial charge in [-0.05, 0) is 12.1 Å². The fraction of sp³-hybridized carbons (Fsp3) is 0. The van der Waals surface area contributed by atoms with Gasteiger partial charge in [0.05, 0.1) is 7.82 Å². The molecule has 0 saturated heterocycles. The second kappa shape index (κ2) is 8.72. The van der Waals surface area contributed by atoms with Crippen LogP contribution in [0.2, 0.25) is 0 Å². The third-order valence-corrected chi connectivity index (χ3v) is 1.57. The van der Waals surface area contributed by atoms with Crippen LogP contribution >= 0.6 is 7.82 Å². The quantitative estimate of drug-likeness (QED) is 0.326. The molecule has 0 atom stereocenters. The fourth-order valence-corrected chi connectivity index (χ4v) is 1.06. The van der Waals surface area contributed by atoms with Gasteiger partial charge in [-0.3, -0.25) is 0 Å². The molecule has 0 amide bonds. The summed E-state index contributed by atoms with van der Waals surface area (Å²) in [6.07, 6.45) is 1.59. The molecule has 0 saturated carbocycles. The number of phosphoric acid groups is 1. The normalized spacial score (nSPS) is 9.59. The smallest absolute Gasteiger partial charge is 0.790 e. The molecule has 0 bridgehead atoms. The number of hydrogen-bond acceptors (Lipinski definition) is 4. The van der Waals surface area contributed by atoms with Crippen LogP contribution in [0.5, 0.6) is 5.75 Å². The van der Waals surface area contributed by atoms with Crippen LogP contribution in [0.3, 0.4) is 0 Å². The second-order valence-electron chi connectivity index (χ2n) is 2.69. The number of aromatic hydroxyl groups is 1. The second-order valence-corrected chi connectivity index (χ2v) is 3.63. The van der Waals surface area contributed by atoms with Crippen LogP contribution in [0, 0.1) is 0 Å². The van der Waals surface area contributed by atoms with Gasteiger partial charge in [0, 0.05) is 17.1 Å². The molecule has 2 aromatic rings. The van der Waals surface area contributed by atoms with Crippen molar-refractivity contribution in [3.63, 3.8) is 0 Å². The van der Waals surface area contributed by atoms with Crippen LogP contribution in [0.1, 0.15) is 0 Å². The zero-order chi connectivity index (χ0) is 11.5. The predicted molar refractivity (Wildman–Crippen MR) is 49.8 cm³/mol. The first-order chi connectivity index (χ1) is 6.88. The Morgan fingerprint density at radius 2 is 1.65 bits per heavy atom. The van der Waals surface area contributed by atoms with Gasteiger partial charge < -0.3 is 29.3 Å². The molecule has 0 aliphatic rings. The summed E-state index contributed by atoms with van der Waals surface area (Å²) in [7, 11) is -5.14. The Morgan fingerprint density at radius 3 is 2.12 bits per heavy atom. The van der Waals surface area contributed by atoms with E-state index in [4.69, 9.17) is 19.2 Å². The van der Waals surface area contributed by atoms with Gasteiger partial charge in [-0.25, -0.2) is 0 Å². The van der Waals surface area contributed by atoms with E-state index in [1.807, 2.05) is 24.3 Å². The van der Waals surface area contributed by atoms with Crippen molar-refractivity contribution in [3.05, 3.63) is 30.5 Å². The SMILES string of the molecule is O=P([O-])([O-])O.Oc1c[nH]c2ccccc12.[Na+].[Na+]. The Labute approximate surface area is 142 Å². The van der Waals surface area contributed by atoms with Crippen molar-refractivity contribution in [2.75, 3.05) is 0 Å². The molecule has 0 spiro atoms. The van der Waals surface area contributed by atoms with E-state index in [0.29, 0.717) is 5.75 Å². The maximum Gasteiger partial charge on any atom is 1.00 e. The summed E-state index contributed by atoms with van der Waals surface area (Å²) in [6, 6.07) is 7.63. The number of H-pyrrole nitrogens is 1. The third kappa shape index (κ3) is 8.40. The van der Waals surface area contributed by atoms with E-state index in [-0.39, 0.29) is 59.1 Å². The summed E-state index contributed by atoms with van der Waals surface area (Å²) in [5.74, 6) is 0.315. The average molecular weight is 275 g/mol. The van der Waals surface area contributed by atoms with Gasteiger partial charge in [-0.1, -0.05) is 12.1 Å². The molecule has 17 heavy (non-hydrogen) atoms. The number of aromatic amines is 1. The minimum atomic E-state index is -5.14. The number of para-hydroxylation sites is 1. The van der Waals surface area contributed by atoms with Crippen LogP contribution < -0.4 is 68.9 Å². The molecule has 1 aromatic carbocycles. The van der Waals surface area contributed by atoms with Gasteiger partial charge in [-0.15, -0.1) is 0 Å². The molecule has 0 aliphatic heterocycles. The fourth-order valence-electron chi connectivity index (χ4n) is 1.06. The molecule has 3 N–H and O–H groups in total. The molecule has 1 aromatic heterocycles. The van der Waals surface area contributed by atoms with Crippen molar-refractivity contribution in [2.24, 2.45) is 0 Å². The average Bonchev–Trinajstić information content (AvgIpc) is 2.46. The van der Waals surface area contributed by atoms with Crippen LogP contribution in [-0.2, 0) is 4.57 Å².